The second-order valence-corrected chi connectivity index (χ2v) is 5.07. The Morgan fingerprint density at radius 3 is 3.05 bits per heavy atom. The molecule has 1 aromatic rings. The van der Waals surface area contributed by atoms with Gasteiger partial charge in [0.2, 0.25) is 0 Å². The molecule has 2 unspecified atom stereocenters. The number of aromatic nitrogens is 1. The Morgan fingerprint density at radius 1 is 1.58 bits per heavy atom. The SMILES string of the molecule is CNC(C)C1CCCCN1c1ncccc1C(N)=O. The zero-order valence-electron chi connectivity index (χ0n) is 11.6. The summed E-state index contributed by atoms with van der Waals surface area (Å²) >= 11 is 0. The van der Waals surface area contributed by atoms with E-state index in [2.05, 4.69) is 22.1 Å². The van der Waals surface area contributed by atoms with Gasteiger partial charge < -0.3 is 16.0 Å². The summed E-state index contributed by atoms with van der Waals surface area (Å²) < 4.78 is 0. The van der Waals surface area contributed by atoms with E-state index in [1.807, 2.05) is 7.05 Å². The molecule has 2 rings (SSSR count). The molecule has 0 spiro atoms. The van der Waals surface area contributed by atoms with Gasteiger partial charge in [0.25, 0.3) is 5.91 Å². The van der Waals surface area contributed by atoms with Crippen molar-refractivity contribution in [3.63, 3.8) is 0 Å². The van der Waals surface area contributed by atoms with E-state index in [1.54, 1.807) is 18.3 Å². The van der Waals surface area contributed by atoms with Crippen LogP contribution in [0.1, 0.15) is 36.5 Å². The van der Waals surface area contributed by atoms with Crippen LogP contribution in [-0.2, 0) is 0 Å². The quantitative estimate of drug-likeness (QED) is 0.854. The highest BCUT2D eigenvalue weighted by molar-refractivity contribution is 5.97. The minimum absolute atomic E-state index is 0.350. The average molecular weight is 262 g/mol. The van der Waals surface area contributed by atoms with Gasteiger partial charge in [0.1, 0.15) is 5.82 Å². The first-order valence-corrected chi connectivity index (χ1v) is 6.84. The summed E-state index contributed by atoms with van der Waals surface area (Å²) in [5.41, 5.74) is 5.97. The molecule has 0 aromatic carbocycles. The lowest BCUT2D eigenvalue weighted by molar-refractivity contribution is 0.1000. The lowest BCUT2D eigenvalue weighted by Gasteiger charge is -2.40. The van der Waals surface area contributed by atoms with Gasteiger partial charge in [-0.1, -0.05) is 0 Å². The van der Waals surface area contributed by atoms with E-state index in [-0.39, 0.29) is 0 Å². The molecule has 3 N–H and O–H groups in total. The van der Waals surface area contributed by atoms with Gasteiger partial charge in [-0.05, 0) is 45.4 Å². The van der Waals surface area contributed by atoms with E-state index in [0.29, 0.717) is 17.6 Å². The molecule has 0 radical (unpaired) electrons. The van der Waals surface area contributed by atoms with E-state index >= 15 is 0 Å². The van der Waals surface area contributed by atoms with Gasteiger partial charge >= 0.3 is 0 Å². The highest BCUT2D eigenvalue weighted by Crippen LogP contribution is 2.27. The van der Waals surface area contributed by atoms with Crippen molar-refractivity contribution in [2.45, 2.75) is 38.3 Å². The summed E-state index contributed by atoms with van der Waals surface area (Å²) in [6.45, 7) is 3.09. The van der Waals surface area contributed by atoms with E-state index < -0.39 is 5.91 Å². The third kappa shape index (κ3) is 2.87. The molecular formula is C14H22N4O. The molecule has 0 aliphatic carbocycles. The fourth-order valence-electron chi connectivity index (χ4n) is 2.75. The number of hydrogen-bond donors (Lipinski definition) is 2. The fraction of sp³-hybridized carbons (Fsp3) is 0.571. The van der Waals surface area contributed by atoms with Crippen molar-refractivity contribution in [3.05, 3.63) is 23.9 Å². The van der Waals surface area contributed by atoms with Crippen LogP contribution in [0.2, 0.25) is 0 Å². The van der Waals surface area contributed by atoms with Crippen molar-refractivity contribution in [2.24, 2.45) is 5.73 Å². The number of piperidine rings is 1. The van der Waals surface area contributed by atoms with Crippen LogP contribution >= 0.6 is 0 Å². The predicted molar refractivity (Wildman–Crippen MR) is 76.3 cm³/mol. The summed E-state index contributed by atoms with van der Waals surface area (Å²) in [5.74, 6) is 0.311. The molecule has 1 aromatic heterocycles. The Hall–Kier alpha value is -1.62. The van der Waals surface area contributed by atoms with Gasteiger partial charge in [0, 0.05) is 24.8 Å². The van der Waals surface area contributed by atoms with Crippen molar-refractivity contribution in [1.29, 1.82) is 0 Å². The van der Waals surface area contributed by atoms with Gasteiger partial charge in [0.05, 0.1) is 5.56 Å². The van der Waals surface area contributed by atoms with Crippen LogP contribution in [-0.4, -0.2) is 36.6 Å². The van der Waals surface area contributed by atoms with Crippen molar-refractivity contribution >= 4 is 11.7 Å². The molecule has 5 nitrogen and oxygen atoms in total. The number of anilines is 1. The summed E-state index contributed by atoms with van der Waals surface area (Å²) in [6.07, 6.45) is 5.17. The molecule has 0 saturated carbocycles. The number of hydrogen-bond acceptors (Lipinski definition) is 4. The van der Waals surface area contributed by atoms with Crippen LogP contribution in [0.3, 0.4) is 0 Å². The minimum Gasteiger partial charge on any atom is -0.365 e. The highest BCUT2D eigenvalue weighted by atomic mass is 16.1. The van der Waals surface area contributed by atoms with Gasteiger partial charge in [0.15, 0.2) is 0 Å². The van der Waals surface area contributed by atoms with E-state index in [9.17, 15) is 4.79 Å². The third-order valence-electron chi connectivity index (χ3n) is 3.91. The number of nitrogens with one attached hydrogen (secondary N) is 1. The monoisotopic (exact) mass is 262 g/mol. The molecular weight excluding hydrogens is 240 g/mol. The Morgan fingerprint density at radius 2 is 2.37 bits per heavy atom. The first kappa shape index (κ1) is 13.8. The first-order valence-electron chi connectivity index (χ1n) is 6.84. The Bertz CT molecular complexity index is 449. The number of rotatable bonds is 4. The molecule has 1 aliphatic rings. The van der Waals surface area contributed by atoms with Gasteiger partial charge in [-0.3, -0.25) is 4.79 Å². The number of amides is 1. The second kappa shape index (κ2) is 6.02. The number of carbonyl (C=O) groups excluding carboxylic acids is 1. The molecule has 5 heteroatoms. The summed E-state index contributed by atoms with van der Waals surface area (Å²) in [6, 6.07) is 4.21. The summed E-state index contributed by atoms with van der Waals surface area (Å²) in [5, 5.41) is 3.30. The van der Waals surface area contributed by atoms with Crippen LogP contribution in [0, 0.1) is 0 Å². The standard InChI is InChI=1S/C14H22N4O/c1-10(16-2)12-7-3-4-9-18(12)14-11(13(15)19)6-5-8-17-14/h5-6,8,10,12,16H,3-4,7,9H2,1-2H3,(H2,15,19). The number of pyridine rings is 1. The zero-order valence-corrected chi connectivity index (χ0v) is 11.6. The summed E-state index contributed by atoms with van der Waals surface area (Å²) in [4.78, 5) is 18.2. The van der Waals surface area contributed by atoms with E-state index in [1.165, 1.54) is 6.42 Å². The van der Waals surface area contributed by atoms with Crippen LogP contribution in [0.4, 0.5) is 5.82 Å². The largest absolute Gasteiger partial charge is 0.365 e. The minimum atomic E-state index is -0.412. The Kier molecular flexibility index (Phi) is 4.37. The Balaban J connectivity index is 2.34. The molecule has 1 amide bonds. The summed E-state index contributed by atoms with van der Waals surface area (Å²) in [7, 11) is 1.96. The number of primary amides is 1. The molecule has 2 atom stereocenters. The molecule has 0 bridgehead atoms. The normalized spacial score (nSPS) is 21.2. The van der Waals surface area contributed by atoms with Crippen LogP contribution in [0.25, 0.3) is 0 Å². The molecule has 19 heavy (non-hydrogen) atoms. The number of likely N-dealkylation sites (N-methyl/N-ethyl adjacent to an activating group) is 1. The average Bonchev–Trinajstić information content (AvgIpc) is 2.46. The smallest absolute Gasteiger partial charge is 0.252 e. The number of carbonyl (C=O) groups is 1. The molecule has 1 aliphatic heterocycles. The maximum atomic E-state index is 11.6. The topological polar surface area (TPSA) is 71.2 Å². The van der Waals surface area contributed by atoms with Crippen LogP contribution in [0.15, 0.2) is 18.3 Å². The van der Waals surface area contributed by atoms with Crippen molar-refractivity contribution in [2.75, 3.05) is 18.5 Å². The van der Waals surface area contributed by atoms with Crippen molar-refractivity contribution in [1.82, 2.24) is 10.3 Å². The third-order valence-corrected chi connectivity index (χ3v) is 3.91. The molecule has 1 fully saturated rings. The maximum absolute atomic E-state index is 11.6. The van der Waals surface area contributed by atoms with E-state index in [0.717, 1.165) is 25.2 Å². The fourth-order valence-corrected chi connectivity index (χ4v) is 2.75. The van der Waals surface area contributed by atoms with E-state index in [4.69, 9.17) is 5.73 Å². The zero-order chi connectivity index (χ0) is 13.8. The Labute approximate surface area is 114 Å². The lowest BCUT2D eigenvalue weighted by Crippen LogP contribution is -2.51. The number of nitrogens with two attached hydrogens (primary N) is 1. The number of nitrogens with zero attached hydrogens (tertiary/aromatic N) is 2. The van der Waals surface area contributed by atoms with Crippen LogP contribution in [0.5, 0.6) is 0 Å². The molecule has 104 valence electrons. The highest BCUT2D eigenvalue weighted by Gasteiger charge is 2.29. The van der Waals surface area contributed by atoms with Gasteiger partial charge in [-0.15, -0.1) is 0 Å². The second-order valence-electron chi connectivity index (χ2n) is 5.07. The predicted octanol–water partition coefficient (Wildman–Crippen LogP) is 1.15. The lowest BCUT2D eigenvalue weighted by atomic mass is 9.96. The molecule has 2 heterocycles. The van der Waals surface area contributed by atoms with Crippen molar-refractivity contribution in [3.8, 4) is 0 Å². The van der Waals surface area contributed by atoms with Gasteiger partial charge in [-0.2, -0.15) is 0 Å². The maximum Gasteiger partial charge on any atom is 0.252 e. The van der Waals surface area contributed by atoms with Gasteiger partial charge in [-0.25, -0.2) is 4.98 Å². The van der Waals surface area contributed by atoms with Crippen molar-refractivity contribution < 1.29 is 4.79 Å². The first-order chi connectivity index (χ1) is 9.15. The molecule has 1 saturated heterocycles. The van der Waals surface area contributed by atoms with Crippen LogP contribution < -0.4 is 16.0 Å².